The molecule has 3 aromatic rings. The van der Waals surface area contributed by atoms with Crippen molar-refractivity contribution in [2.24, 2.45) is 5.92 Å². The standard InChI is InChI=1S/C20H22FN5O3/c1-2-4-17-23-20(29-25-17)13-6-7-16(15(21)11-13)26-9-3-5-14(12-26)19(27)22-18-8-10-28-24-18/h6-8,10-11,14H,2-5,9,12H2,1H3,(H,22,24,27). The highest BCUT2D eigenvalue weighted by atomic mass is 19.1. The summed E-state index contributed by atoms with van der Waals surface area (Å²) in [6, 6.07) is 6.45. The van der Waals surface area contributed by atoms with E-state index in [0.29, 0.717) is 41.9 Å². The summed E-state index contributed by atoms with van der Waals surface area (Å²) in [5.74, 6) is 0.522. The third-order valence-electron chi connectivity index (χ3n) is 4.96. The van der Waals surface area contributed by atoms with Gasteiger partial charge in [-0.2, -0.15) is 4.98 Å². The third kappa shape index (κ3) is 4.28. The molecule has 0 saturated carbocycles. The number of benzene rings is 1. The number of nitrogens with one attached hydrogen (secondary N) is 1. The van der Waals surface area contributed by atoms with Crippen LogP contribution in [-0.4, -0.2) is 34.3 Å². The van der Waals surface area contributed by atoms with Gasteiger partial charge in [0.1, 0.15) is 12.1 Å². The van der Waals surface area contributed by atoms with Crippen LogP contribution < -0.4 is 10.2 Å². The van der Waals surface area contributed by atoms with Crippen molar-refractivity contribution in [1.82, 2.24) is 15.3 Å². The molecule has 1 amide bonds. The van der Waals surface area contributed by atoms with Crippen LogP contribution in [-0.2, 0) is 11.2 Å². The van der Waals surface area contributed by atoms with Crippen LogP contribution in [0.4, 0.5) is 15.9 Å². The number of nitrogens with zero attached hydrogens (tertiary/aromatic N) is 4. The van der Waals surface area contributed by atoms with E-state index >= 15 is 0 Å². The van der Waals surface area contributed by atoms with E-state index in [1.165, 1.54) is 12.3 Å². The molecule has 2 aromatic heterocycles. The molecule has 0 radical (unpaired) electrons. The third-order valence-corrected chi connectivity index (χ3v) is 4.96. The minimum Gasteiger partial charge on any atom is -0.368 e. The van der Waals surface area contributed by atoms with Gasteiger partial charge in [-0.15, -0.1) is 0 Å². The van der Waals surface area contributed by atoms with Crippen LogP contribution >= 0.6 is 0 Å². The lowest BCUT2D eigenvalue weighted by atomic mass is 9.96. The summed E-state index contributed by atoms with van der Waals surface area (Å²) < 4.78 is 24.8. The molecule has 1 aliphatic rings. The van der Waals surface area contributed by atoms with Crippen molar-refractivity contribution in [3.8, 4) is 11.5 Å². The SMILES string of the molecule is CCCc1noc(-c2ccc(N3CCCC(C(=O)Nc4ccon4)C3)c(F)c2)n1. The van der Waals surface area contributed by atoms with Crippen molar-refractivity contribution in [2.75, 3.05) is 23.3 Å². The Labute approximate surface area is 167 Å². The van der Waals surface area contributed by atoms with Gasteiger partial charge in [-0.3, -0.25) is 4.79 Å². The van der Waals surface area contributed by atoms with Gasteiger partial charge < -0.3 is 19.3 Å². The first-order chi connectivity index (χ1) is 14.1. The van der Waals surface area contributed by atoms with Gasteiger partial charge in [-0.1, -0.05) is 17.2 Å². The number of hydrogen-bond acceptors (Lipinski definition) is 7. The first-order valence-electron chi connectivity index (χ1n) is 9.72. The Hall–Kier alpha value is -3.23. The number of aryl methyl sites for hydroxylation is 1. The molecular formula is C20H22FN5O3. The molecule has 0 aliphatic carbocycles. The summed E-state index contributed by atoms with van der Waals surface area (Å²) in [6.45, 7) is 3.15. The second-order valence-corrected chi connectivity index (χ2v) is 7.09. The highest BCUT2D eigenvalue weighted by molar-refractivity contribution is 5.92. The maximum atomic E-state index is 14.9. The van der Waals surface area contributed by atoms with Crippen molar-refractivity contribution < 1.29 is 18.2 Å². The second kappa shape index (κ2) is 8.42. The molecule has 29 heavy (non-hydrogen) atoms. The fraction of sp³-hybridized carbons (Fsp3) is 0.400. The number of rotatable bonds is 6. The summed E-state index contributed by atoms with van der Waals surface area (Å²) in [6.07, 6.45) is 4.56. The van der Waals surface area contributed by atoms with Crippen LogP contribution in [0.15, 0.2) is 39.6 Å². The summed E-state index contributed by atoms with van der Waals surface area (Å²) in [4.78, 5) is 18.7. The van der Waals surface area contributed by atoms with Gasteiger partial charge in [0.25, 0.3) is 5.89 Å². The van der Waals surface area contributed by atoms with E-state index < -0.39 is 0 Å². The Bertz CT molecular complexity index is 972. The van der Waals surface area contributed by atoms with Crippen LogP contribution in [0.2, 0.25) is 0 Å². The lowest BCUT2D eigenvalue weighted by molar-refractivity contribution is -0.120. The summed E-state index contributed by atoms with van der Waals surface area (Å²) >= 11 is 0. The molecule has 1 saturated heterocycles. The molecule has 8 nitrogen and oxygen atoms in total. The van der Waals surface area contributed by atoms with Gasteiger partial charge in [0.05, 0.1) is 11.6 Å². The zero-order valence-corrected chi connectivity index (χ0v) is 16.1. The van der Waals surface area contributed by atoms with Crippen LogP contribution in [0.1, 0.15) is 32.0 Å². The number of carbonyl (C=O) groups is 1. The first kappa shape index (κ1) is 19.1. The van der Waals surface area contributed by atoms with Gasteiger partial charge in [-0.05, 0) is 37.5 Å². The normalized spacial score (nSPS) is 16.8. The average molecular weight is 399 g/mol. The van der Waals surface area contributed by atoms with Crippen molar-refractivity contribution in [2.45, 2.75) is 32.6 Å². The van der Waals surface area contributed by atoms with Gasteiger partial charge >= 0.3 is 0 Å². The topological polar surface area (TPSA) is 97.3 Å². The fourth-order valence-corrected chi connectivity index (χ4v) is 3.51. The molecule has 0 bridgehead atoms. The maximum absolute atomic E-state index is 14.9. The number of amides is 1. The van der Waals surface area contributed by atoms with Gasteiger partial charge in [-0.25, -0.2) is 4.39 Å². The molecule has 9 heteroatoms. The molecule has 1 aromatic carbocycles. The van der Waals surface area contributed by atoms with Gasteiger partial charge in [0, 0.05) is 31.1 Å². The molecule has 1 aliphatic heterocycles. The largest absolute Gasteiger partial charge is 0.368 e. The molecule has 1 atom stereocenters. The summed E-state index contributed by atoms with van der Waals surface area (Å²) in [5, 5.41) is 10.3. The minimum atomic E-state index is -0.379. The van der Waals surface area contributed by atoms with Crippen molar-refractivity contribution in [3.05, 3.63) is 42.2 Å². The lowest BCUT2D eigenvalue weighted by Gasteiger charge is -2.33. The van der Waals surface area contributed by atoms with Crippen LogP contribution in [0.25, 0.3) is 11.5 Å². The zero-order chi connectivity index (χ0) is 20.2. The molecular weight excluding hydrogens is 377 g/mol. The van der Waals surface area contributed by atoms with E-state index in [-0.39, 0.29) is 17.6 Å². The number of hydrogen-bond donors (Lipinski definition) is 1. The predicted molar refractivity (Wildman–Crippen MR) is 104 cm³/mol. The van der Waals surface area contributed by atoms with Crippen LogP contribution in [0.5, 0.6) is 0 Å². The Kier molecular flexibility index (Phi) is 5.55. The Morgan fingerprint density at radius 1 is 1.34 bits per heavy atom. The molecule has 4 rings (SSSR count). The number of carbonyl (C=O) groups excluding carboxylic acids is 1. The van der Waals surface area contributed by atoms with Crippen LogP contribution in [0, 0.1) is 11.7 Å². The molecule has 0 spiro atoms. The molecule has 1 N–H and O–H groups in total. The average Bonchev–Trinajstić information content (AvgIpc) is 3.40. The predicted octanol–water partition coefficient (Wildman–Crippen LogP) is 3.67. The van der Waals surface area contributed by atoms with E-state index in [0.717, 1.165) is 25.7 Å². The highest BCUT2D eigenvalue weighted by Gasteiger charge is 2.28. The minimum absolute atomic E-state index is 0.144. The monoisotopic (exact) mass is 399 g/mol. The molecule has 1 fully saturated rings. The molecule has 152 valence electrons. The lowest BCUT2D eigenvalue weighted by Crippen LogP contribution is -2.41. The molecule has 1 unspecified atom stereocenters. The summed E-state index contributed by atoms with van der Waals surface area (Å²) in [5.41, 5.74) is 0.999. The molecule has 3 heterocycles. The fourth-order valence-electron chi connectivity index (χ4n) is 3.51. The van der Waals surface area contributed by atoms with Crippen molar-refractivity contribution in [1.29, 1.82) is 0 Å². The quantitative estimate of drug-likeness (QED) is 0.675. The van der Waals surface area contributed by atoms with E-state index in [9.17, 15) is 9.18 Å². The Balaban J connectivity index is 1.46. The van der Waals surface area contributed by atoms with E-state index in [2.05, 4.69) is 20.6 Å². The maximum Gasteiger partial charge on any atom is 0.258 e. The van der Waals surface area contributed by atoms with Crippen LogP contribution in [0.3, 0.4) is 0 Å². The first-order valence-corrected chi connectivity index (χ1v) is 9.72. The highest BCUT2D eigenvalue weighted by Crippen LogP contribution is 2.29. The van der Waals surface area contributed by atoms with Gasteiger partial charge in [0.2, 0.25) is 5.91 Å². The number of aromatic nitrogens is 3. The second-order valence-electron chi connectivity index (χ2n) is 7.09. The van der Waals surface area contributed by atoms with Crippen molar-refractivity contribution >= 4 is 17.4 Å². The summed E-state index contributed by atoms with van der Waals surface area (Å²) in [7, 11) is 0. The van der Waals surface area contributed by atoms with E-state index in [1.54, 1.807) is 18.2 Å². The van der Waals surface area contributed by atoms with E-state index in [4.69, 9.17) is 9.05 Å². The smallest absolute Gasteiger partial charge is 0.258 e. The number of piperidine rings is 1. The zero-order valence-electron chi connectivity index (χ0n) is 16.1. The Morgan fingerprint density at radius 2 is 2.24 bits per heavy atom. The van der Waals surface area contributed by atoms with Crippen molar-refractivity contribution in [3.63, 3.8) is 0 Å². The number of halogens is 1. The van der Waals surface area contributed by atoms with Gasteiger partial charge in [0.15, 0.2) is 11.6 Å². The Morgan fingerprint density at radius 3 is 3.00 bits per heavy atom. The number of anilines is 2. The van der Waals surface area contributed by atoms with E-state index in [1.807, 2.05) is 11.8 Å².